The van der Waals surface area contributed by atoms with E-state index >= 15 is 0 Å². The lowest BCUT2D eigenvalue weighted by Crippen LogP contribution is -2.13. The minimum atomic E-state index is -0.395. The summed E-state index contributed by atoms with van der Waals surface area (Å²) < 4.78 is 0.898. The minimum absolute atomic E-state index is 0.120. The topological polar surface area (TPSA) is 17.1 Å². The molecule has 0 aromatic carbocycles. The first-order valence-electron chi connectivity index (χ1n) is 3.70. The largest absolute Gasteiger partial charge is 0.276 e. The van der Waals surface area contributed by atoms with Crippen molar-refractivity contribution in [2.75, 3.05) is 0 Å². The van der Waals surface area contributed by atoms with Gasteiger partial charge in [-0.3, -0.25) is 4.79 Å². The van der Waals surface area contributed by atoms with Gasteiger partial charge in [-0.05, 0) is 23.4 Å². The predicted molar refractivity (Wildman–Crippen MR) is 54.4 cm³/mol. The van der Waals surface area contributed by atoms with Crippen LogP contribution in [0.25, 0.3) is 0 Å². The molecular weight excluding hydrogens is 239 g/mol. The Morgan fingerprint density at radius 3 is 2.67 bits per heavy atom. The molecule has 0 spiro atoms. The summed E-state index contributed by atoms with van der Waals surface area (Å²) >= 11 is 8.72. The molecule has 0 saturated carbocycles. The normalized spacial score (nSPS) is 21.3. The number of carbonyl (C=O) groups excluding carboxylic acids is 1. The van der Waals surface area contributed by atoms with Gasteiger partial charge in [0, 0.05) is 10.1 Å². The van der Waals surface area contributed by atoms with Gasteiger partial charge in [0.25, 0.3) is 5.24 Å². The predicted octanol–water partition coefficient (Wildman–Crippen LogP) is 3.39. The van der Waals surface area contributed by atoms with Gasteiger partial charge in [0.2, 0.25) is 0 Å². The Morgan fingerprint density at radius 1 is 1.67 bits per heavy atom. The number of carbonyl (C=O) groups is 1. The molecule has 0 fully saturated rings. The molecule has 0 atom stereocenters. The second kappa shape index (κ2) is 3.35. The Balaban J connectivity index is 2.95. The van der Waals surface area contributed by atoms with E-state index in [1.807, 2.05) is 6.08 Å². The lowest BCUT2D eigenvalue weighted by Gasteiger charge is -2.24. The molecule has 0 aromatic heterocycles. The van der Waals surface area contributed by atoms with E-state index in [0.717, 1.165) is 10.9 Å². The van der Waals surface area contributed by atoms with E-state index in [0.29, 0.717) is 5.57 Å². The van der Waals surface area contributed by atoms with Crippen LogP contribution in [0.15, 0.2) is 22.2 Å². The third kappa shape index (κ3) is 2.20. The molecule has 0 radical (unpaired) electrons. The van der Waals surface area contributed by atoms with Gasteiger partial charge in [0.1, 0.15) is 0 Å². The van der Waals surface area contributed by atoms with E-state index < -0.39 is 5.24 Å². The quantitative estimate of drug-likeness (QED) is 0.651. The highest BCUT2D eigenvalue weighted by molar-refractivity contribution is 9.11. The van der Waals surface area contributed by atoms with Crippen molar-refractivity contribution in [2.24, 2.45) is 5.41 Å². The summed E-state index contributed by atoms with van der Waals surface area (Å²) in [5, 5.41) is -0.395. The lowest BCUT2D eigenvalue weighted by atomic mass is 9.84. The summed E-state index contributed by atoms with van der Waals surface area (Å²) in [6, 6.07) is 0. The van der Waals surface area contributed by atoms with Gasteiger partial charge in [0.05, 0.1) is 0 Å². The maximum absolute atomic E-state index is 10.8. The molecule has 0 heterocycles. The highest BCUT2D eigenvalue weighted by atomic mass is 79.9. The van der Waals surface area contributed by atoms with E-state index in [2.05, 4.69) is 29.8 Å². The molecule has 1 nitrogen and oxygen atoms in total. The molecule has 0 saturated heterocycles. The van der Waals surface area contributed by atoms with Crippen molar-refractivity contribution in [1.82, 2.24) is 0 Å². The summed E-state index contributed by atoms with van der Waals surface area (Å²) in [7, 11) is 0. The van der Waals surface area contributed by atoms with Gasteiger partial charge >= 0.3 is 0 Å². The molecule has 3 heteroatoms. The zero-order valence-electron chi connectivity index (χ0n) is 7.03. The minimum Gasteiger partial charge on any atom is -0.276 e. The Labute approximate surface area is 85.6 Å². The summed E-state index contributed by atoms with van der Waals surface area (Å²) in [5.74, 6) is 0. The van der Waals surface area contributed by atoms with Crippen LogP contribution in [0.1, 0.15) is 20.3 Å². The monoisotopic (exact) mass is 248 g/mol. The molecule has 0 N–H and O–H groups in total. The highest BCUT2D eigenvalue weighted by Crippen LogP contribution is 2.36. The number of rotatable bonds is 1. The maximum atomic E-state index is 10.8. The molecule has 66 valence electrons. The fourth-order valence-corrected chi connectivity index (χ4v) is 2.45. The summed E-state index contributed by atoms with van der Waals surface area (Å²) in [5.41, 5.74) is 0.699. The zero-order chi connectivity index (χ0) is 9.35. The van der Waals surface area contributed by atoms with Crippen molar-refractivity contribution in [2.45, 2.75) is 20.3 Å². The third-order valence-electron chi connectivity index (χ3n) is 1.82. The summed E-state index contributed by atoms with van der Waals surface area (Å²) in [6.07, 6.45) is 4.62. The van der Waals surface area contributed by atoms with Crippen LogP contribution in [0.4, 0.5) is 0 Å². The van der Waals surface area contributed by atoms with Crippen LogP contribution >= 0.6 is 27.5 Å². The molecule has 0 bridgehead atoms. The van der Waals surface area contributed by atoms with Crippen molar-refractivity contribution in [3.8, 4) is 0 Å². The lowest BCUT2D eigenvalue weighted by molar-refractivity contribution is -0.108. The van der Waals surface area contributed by atoms with Crippen molar-refractivity contribution >= 4 is 32.8 Å². The van der Waals surface area contributed by atoms with Crippen LogP contribution in [0, 0.1) is 5.41 Å². The van der Waals surface area contributed by atoms with Gasteiger partial charge in [-0.15, -0.1) is 0 Å². The van der Waals surface area contributed by atoms with Crippen LogP contribution < -0.4 is 0 Å². The molecule has 1 aliphatic carbocycles. The zero-order valence-corrected chi connectivity index (χ0v) is 9.37. The fraction of sp³-hybridized carbons (Fsp3) is 0.444. The van der Waals surface area contributed by atoms with Crippen LogP contribution in [0.3, 0.4) is 0 Å². The average Bonchev–Trinajstić information content (AvgIpc) is 1.83. The molecule has 0 amide bonds. The average molecular weight is 250 g/mol. The highest BCUT2D eigenvalue weighted by Gasteiger charge is 2.23. The molecule has 0 aliphatic heterocycles. The van der Waals surface area contributed by atoms with Gasteiger partial charge in [-0.2, -0.15) is 0 Å². The molecule has 0 unspecified atom stereocenters. The second-order valence-electron chi connectivity index (χ2n) is 3.59. The van der Waals surface area contributed by atoms with Crippen LogP contribution in [-0.2, 0) is 4.79 Å². The third-order valence-corrected chi connectivity index (χ3v) is 2.73. The molecule has 0 aromatic rings. The van der Waals surface area contributed by atoms with E-state index in [1.54, 1.807) is 6.08 Å². The smallest absolute Gasteiger partial charge is 0.253 e. The van der Waals surface area contributed by atoms with Gasteiger partial charge in [-0.25, -0.2) is 0 Å². The first-order chi connectivity index (χ1) is 5.42. The first kappa shape index (κ1) is 10.0. The fourth-order valence-electron chi connectivity index (χ4n) is 1.13. The van der Waals surface area contributed by atoms with Crippen LogP contribution in [-0.4, -0.2) is 5.24 Å². The molecule has 12 heavy (non-hydrogen) atoms. The summed E-state index contributed by atoms with van der Waals surface area (Å²) in [4.78, 5) is 10.8. The SMILES string of the molecule is CC1(C)C=CC(C(=O)Cl)=C(Br)C1. The molecule has 1 aliphatic rings. The number of hydrogen-bond donors (Lipinski definition) is 0. The van der Waals surface area contributed by atoms with Crippen LogP contribution in [0.2, 0.25) is 0 Å². The summed E-state index contributed by atoms with van der Waals surface area (Å²) in [6.45, 7) is 4.22. The van der Waals surface area contributed by atoms with Crippen molar-refractivity contribution in [1.29, 1.82) is 0 Å². The number of allylic oxidation sites excluding steroid dienone is 4. The Hall–Kier alpha value is -0.0800. The second-order valence-corrected chi connectivity index (χ2v) is 4.89. The maximum Gasteiger partial charge on any atom is 0.253 e. The van der Waals surface area contributed by atoms with Crippen molar-refractivity contribution in [3.05, 3.63) is 22.2 Å². The molecular formula is C9H10BrClO. The Kier molecular flexibility index (Phi) is 2.79. The Morgan fingerprint density at radius 2 is 2.25 bits per heavy atom. The van der Waals surface area contributed by atoms with E-state index in [1.165, 1.54) is 0 Å². The van der Waals surface area contributed by atoms with E-state index in [-0.39, 0.29) is 5.41 Å². The Bertz CT molecular complexity index is 276. The van der Waals surface area contributed by atoms with Gasteiger partial charge in [-0.1, -0.05) is 41.9 Å². The number of halogens is 2. The van der Waals surface area contributed by atoms with Crippen molar-refractivity contribution < 1.29 is 4.79 Å². The standard InChI is InChI=1S/C9H10BrClO/c1-9(2)4-3-6(8(11)12)7(10)5-9/h3-4H,5H2,1-2H3. The van der Waals surface area contributed by atoms with E-state index in [4.69, 9.17) is 11.6 Å². The molecule has 1 rings (SSSR count). The first-order valence-corrected chi connectivity index (χ1v) is 4.87. The van der Waals surface area contributed by atoms with Crippen LogP contribution in [0.5, 0.6) is 0 Å². The van der Waals surface area contributed by atoms with Gasteiger partial charge < -0.3 is 0 Å². The van der Waals surface area contributed by atoms with Crippen molar-refractivity contribution in [3.63, 3.8) is 0 Å². The van der Waals surface area contributed by atoms with Gasteiger partial charge in [0.15, 0.2) is 0 Å². The van der Waals surface area contributed by atoms with E-state index in [9.17, 15) is 4.79 Å². The number of hydrogen-bond acceptors (Lipinski definition) is 1.